The molecule has 1 saturated heterocycles. The van der Waals surface area contributed by atoms with E-state index in [1.165, 1.54) is 24.3 Å². The Kier molecular flexibility index (Phi) is 12.5. The summed E-state index contributed by atoms with van der Waals surface area (Å²) in [5.41, 5.74) is 6.52. The van der Waals surface area contributed by atoms with Crippen LogP contribution in [0, 0.1) is 0 Å². The van der Waals surface area contributed by atoms with Gasteiger partial charge in [0.2, 0.25) is 41.1 Å². The summed E-state index contributed by atoms with van der Waals surface area (Å²) >= 11 is 0. The number of rotatable bonds is 16. The highest BCUT2D eigenvalue weighted by Gasteiger charge is 2.39. The fourth-order valence-electron chi connectivity index (χ4n) is 5.91. The minimum Gasteiger partial charge on any atom is -0.481 e. The lowest BCUT2D eigenvalue weighted by Gasteiger charge is -2.29. The van der Waals surface area contributed by atoms with E-state index in [0.29, 0.717) is 17.5 Å². The third-order valence-corrected chi connectivity index (χ3v) is 8.45. The van der Waals surface area contributed by atoms with Crippen molar-refractivity contribution in [3.05, 3.63) is 59.2 Å². The third-order valence-electron chi connectivity index (χ3n) is 8.45. The molecule has 0 unspecified atom stereocenters. The van der Waals surface area contributed by atoms with Gasteiger partial charge < -0.3 is 42.1 Å². The van der Waals surface area contributed by atoms with Gasteiger partial charge in [0.25, 0.3) is 5.91 Å². The molecule has 274 valence electrons. The van der Waals surface area contributed by atoms with Gasteiger partial charge in [0, 0.05) is 36.1 Å². The highest BCUT2D eigenvalue weighted by Crippen LogP contribution is 2.34. The fraction of sp³-hybridized carbons (Fsp3) is 0.353. The quantitative estimate of drug-likeness (QED) is 0.100. The van der Waals surface area contributed by atoms with Crippen molar-refractivity contribution in [2.24, 2.45) is 5.73 Å². The number of nitrogens with one attached hydrogen (secondary N) is 4. The fourth-order valence-corrected chi connectivity index (χ4v) is 5.91. The van der Waals surface area contributed by atoms with E-state index in [2.05, 4.69) is 21.3 Å². The van der Waals surface area contributed by atoms with Gasteiger partial charge in [-0.15, -0.1) is 0 Å². The number of primary amides is 1. The predicted octanol–water partition coefficient (Wildman–Crippen LogP) is -1.25. The molecule has 1 fully saturated rings. The first kappa shape index (κ1) is 38.3. The van der Waals surface area contributed by atoms with Gasteiger partial charge in [-0.2, -0.15) is 0 Å². The van der Waals surface area contributed by atoms with Crippen molar-refractivity contribution in [2.45, 2.75) is 56.7 Å². The smallest absolute Gasteiger partial charge is 0.322 e. The van der Waals surface area contributed by atoms with Crippen molar-refractivity contribution < 1.29 is 58.2 Å². The lowest BCUT2D eigenvalue weighted by Crippen LogP contribution is -2.57. The molecule has 2 aromatic rings. The number of benzene rings is 2. The van der Waals surface area contributed by atoms with E-state index in [1.54, 1.807) is 18.2 Å². The third kappa shape index (κ3) is 9.40. The molecule has 1 aliphatic heterocycles. The Balaban J connectivity index is 1.42. The molecule has 18 heteroatoms. The Morgan fingerprint density at radius 2 is 1.42 bits per heavy atom. The van der Waals surface area contributed by atoms with Crippen molar-refractivity contribution in [3.8, 4) is 11.1 Å². The molecule has 1 heterocycles. The first-order valence-electron chi connectivity index (χ1n) is 16.2. The number of carbonyl (C=O) groups excluding carboxylic acids is 8. The van der Waals surface area contributed by atoms with Gasteiger partial charge in [-0.1, -0.05) is 24.3 Å². The van der Waals surface area contributed by atoms with E-state index in [1.807, 2.05) is 0 Å². The van der Waals surface area contributed by atoms with Crippen molar-refractivity contribution in [2.75, 3.05) is 19.6 Å². The number of nitrogens with two attached hydrogens (primary N) is 1. The number of carboxylic acid groups (broad SMARTS) is 2. The first-order valence-corrected chi connectivity index (χ1v) is 16.2. The number of ketones is 2. The Morgan fingerprint density at radius 1 is 0.769 bits per heavy atom. The molecule has 6 amide bonds. The van der Waals surface area contributed by atoms with Crippen molar-refractivity contribution >= 4 is 58.9 Å². The van der Waals surface area contributed by atoms with Crippen LogP contribution >= 0.6 is 0 Å². The largest absolute Gasteiger partial charge is 0.481 e. The number of likely N-dealkylation sites (tertiary alicyclic amines) is 1. The van der Waals surface area contributed by atoms with E-state index in [-0.39, 0.29) is 48.9 Å². The lowest BCUT2D eigenvalue weighted by atomic mass is 9.83. The van der Waals surface area contributed by atoms with Crippen LogP contribution in [0.1, 0.15) is 69.6 Å². The van der Waals surface area contributed by atoms with Crippen molar-refractivity contribution in [1.82, 2.24) is 26.2 Å². The van der Waals surface area contributed by atoms with Crippen molar-refractivity contribution in [1.29, 1.82) is 0 Å². The minimum atomic E-state index is -1.43. The van der Waals surface area contributed by atoms with E-state index in [0.717, 1.165) is 4.90 Å². The van der Waals surface area contributed by atoms with Gasteiger partial charge in [-0.3, -0.25) is 47.9 Å². The lowest BCUT2D eigenvalue weighted by molar-refractivity contribution is -0.143. The van der Waals surface area contributed by atoms with Gasteiger partial charge in [-0.25, -0.2) is 0 Å². The van der Waals surface area contributed by atoms with Crippen LogP contribution in [0.15, 0.2) is 42.5 Å². The summed E-state index contributed by atoms with van der Waals surface area (Å²) in [6, 6.07) is 6.58. The zero-order valence-corrected chi connectivity index (χ0v) is 27.6. The molecule has 18 nitrogen and oxygen atoms in total. The normalized spacial score (nSPS) is 15.7. The van der Waals surface area contributed by atoms with E-state index >= 15 is 0 Å². The maximum absolute atomic E-state index is 13.7. The zero-order valence-electron chi connectivity index (χ0n) is 27.6. The Bertz CT molecular complexity index is 1840. The molecular weight excluding hydrogens is 684 g/mol. The summed E-state index contributed by atoms with van der Waals surface area (Å²) in [4.78, 5) is 125. The average Bonchev–Trinajstić information content (AvgIpc) is 3.61. The highest BCUT2D eigenvalue weighted by molar-refractivity contribution is 6.53. The van der Waals surface area contributed by atoms with E-state index in [4.69, 9.17) is 15.9 Å². The summed E-state index contributed by atoms with van der Waals surface area (Å²) in [7, 11) is 0. The molecule has 0 bridgehead atoms. The van der Waals surface area contributed by atoms with Crippen LogP contribution in [-0.4, -0.2) is 112 Å². The number of aliphatic carboxylic acids is 2. The summed E-state index contributed by atoms with van der Waals surface area (Å²) in [6.45, 7) is -1.35. The predicted molar refractivity (Wildman–Crippen MR) is 177 cm³/mol. The summed E-state index contributed by atoms with van der Waals surface area (Å²) in [5, 5.41) is 27.3. The van der Waals surface area contributed by atoms with Gasteiger partial charge in [0.15, 0.2) is 0 Å². The first-order chi connectivity index (χ1) is 24.7. The van der Waals surface area contributed by atoms with E-state index < -0.39 is 96.6 Å². The number of amides is 6. The molecule has 2 aromatic carbocycles. The maximum atomic E-state index is 13.7. The number of fused-ring (bicyclic) bond motifs is 3. The number of nitrogens with zero attached hydrogens (tertiary/aromatic N) is 1. The second-order valence-corrected chi connectivity index (χ2v) is 12.1. The number of carbonyl (C=O) groups is 10. The highest BCUT2D eigenvalue weighted by atomic mass is 16.4. The van der Waals surface area contributed by atoms with Gasteiger partial charge in [0.1, 0.15) is 24.7 Å². The molecular formula is C34H36N6O12. The molecule has 0 spiro atoms. The summed E-state index contributed by atoms with van der Waals surface area (Å²) in [6.07, 6.45) is -1.00. The van der Waals surface area contributed by atoms with Crippen LogP contribution in [-0.2, 0) is 33.6 Å². The van der Waals surface area contributed by atoms with E-state index in [9.17, 15) is 47.9 Å². The molecule has 0 radical (unpaired) electrons. The monoisotopic (exact) mass is 720 g/mol. The van der Waals surface area contributed by atoms with Crippen LogP contribution < -0.4 is 27.0 Å². The number of Topliss-reactive ketones (excluding diaryl/α,β-unsaturated/α-hetero) is 2. The molecule has 3 atom stereocenters. The Hall–Kier alpha value is -6.46. The molecule has 52 heavy (non-hydrogen) atoms. The molecule has 0 aromatic heterocycles. The van der Waals surface area contributed by atoms with Crippen LogP contribution in [0.4, 0.5) is 0 Å². The molecule has 2 aliphatic rings. The zero-order chi connectivity index (χ0) is 38.1. The molecule has 1 aliphatic carbocycles. The molecule has 8 N–H and O–H groups in total. The Labute approximate surface area is 295 Å². The average molecular weight is 721 g/mol. The molecule has 4 rings (SSSR count). The second-order valence-electron chi connectivity index (χ2n) is 12.1. The summed E-state index contributed by atoms with van der Waals surface area (Å²) < 4.78 is 0. The van der Waals surface area contributed by atoms with Crippen LogP contribution in [0.25, 0.3) is 11.1 Å². The van der Waals surface area contributed by atoms with Crippen LogP contribution in [0.3, 0.4) is 0 Å². The minimum absolute atomic E-state index is 0.0527. The van der Waals surface area contributed by atoms with Crippen LogP contribution in [0.2, 0.25) is 0 Å². The Morgan fingerprint density at radius 3 is 2.08 bits per heavy atom. The maximum Gasteiger partial charge on any atom is 0.322 e. The standard InChI is InChI=1S/C34H36N6O12/c35-25(41)11-9-23(34(52)40-13-3-6-24(40)33(51)39-22(10-12-27(43)44)32(50)37-16-28(45)46)38-26(42)15-36-31(49)17-7-8-20-21(14-17)18-4-1-2-5-19(18)29(47)30(20)48/h1-2,4-5,7-8,14,22-24H,3,6,9-13,15-16H2,(H2,35,41)(H,36,49)(H,37,50)(H,38,42)(H,39,51)(H,43,44)(H,45,46)/t22-,23-,24-/m0/s1. The SMILES string of the molecule is NC(=O)CC[C@H](NC(=O)CNC(=O)c1ccc2c(c1)-c1ccccc1C(=O)C2=O)C(=O)N1CCC[C@H]1C(=O)N[C@@H](CCC(=O)O)C(=O)NCC(=O)O. The topological polar surface area (TPSA) is 289 Å². The van der Waals surface area contributed by atoms with Gasteiger partial charge in [-0.05, 0) is 55.0 Å². The summed E-state index contributed by atoms with van der Waals surface area (Å²) in [5.74, 6) is -8.86. The van der Waals surface area contributed by atoms with Gasteiger partial charge in [0.05, 0.1) is 6.54 Å². The van der Waals surface area contributed by atoms with Crippen molar-refractivity contribution in [3.63, 3.8) is 0 Å². The second kappa shape index (κ2) is 17.0. The molecule has 0 saturated carbocycles. The number of hydrogen-bond donors (Lipinski definition) is 7. The number of carboxylic acids is 2. The van der Waals surface area contributed by atoms with Gasteiger partial charge >= 0.3 is 11.9 Å². The van der Waals surface area contributed by atoms with Crippen LogP contribution in [0.5, 0.6) is 0 Å². The number of hydrogen-bond acceptors (Lipinski definition) is 10.